The Balaban J connectivity index is 1.49. The Bertz CT molecular complexity index is 1400. The van der Waals surface area contributed by atoms with Crippen molar-refractivity contribution in [3.05, 3.63) is 70.8 Å². The molecule has 0 N–H and O–H groups in total. The molecule has 1 aliphatic rings. The number of pyridine rings is 1. The van der Waals surface area contributed by atoms with Crippen molar-refractivity contribution >= 4 is 28.3 Å². The molecule has 0 bridgehead atoms. The van der Waals surface area contributed by atoms with Crippen LogP contribution in [0, 0.1) is 6.92 Å². The summed E-state index contributed by atoms with van der Waals surface area (Å²) in [5, 5.41) is 9.26. The van der Waals surface area contributed by atoms with E-state index in [9.17, 15) is 0 Å². The number of hydrogen-bond donors (Lipinski definition) is 0. The maximum atomic E-state index is 6.50. The van der Waals surface area contributed by atoms with Crippen LogP contribution in [0.1, 0.15) is 23.4 Å². The van der Waals surface area contributed by atoms with Crippen LogP contribution in [0.15, 0.2) is 53.3 Å². The summed E-state index contributed by atoms with van der Waals surface area (Å²) in [5.41, 5.74) is 6.21. The Labute approximate surface area is 183 Å². The first-order chi connectivity index (χ1) is 15.2. The molecule has 5 heterocycles. The Morgan fingerprint density at radius 3 is 2.58 bits per heavy atom. The van der Waals surface area contributed by atoms with Crippen LogP contribution in [0.4, 0.5) is 0 Å². The van der Waals surface area contributed by atoms with Gasteiger partial charge in [-0.25, -0.2) is 4.98 Å². The fourth-order valence-electron chi connectivity index (χ4n) is 4.42. The minimum Gasteiger partial charge on any atom is -0.443 e. The molecule has 1 fully saturated rings. The van der Waals surface area contributed by atoms with Gasteiger partial charge in [-0.15, -0.1) is 10.2 Å². The predicted molar refractivity (Wildman–Crippen MR) is 119 cm³/mol. The normalized spacial score (nSPS) is 14.5. The number of nitrogens with zero attached hydrogens (tertiary/aromatic N) is 6. The highest BCUT2D eigenvalue weighted by molar-refractivity contribution is 6.30. The smallest absolute Gasteiger partial charge is 0.243 e. The molecule has 8 heteroatoms. The SMILES string of the molecule is Cc1nnc2ccc3c(cc(-c4ncco4)n3Cc3cc(Cl)cc(CN4CCC4)c3)n12. The number of aromatic nitrogens is 5. The zero-order valence-electron chi connectivity index (χ0n) is 17.1. The molecule has 4 aromatic heterocycles. The molecule has 0 amide bonds. The topological polar surface area (TPSA) is 64.4 Å². The van der Waals surface area contributed by atoms with E-state index in [1.165, 1.54) is 12.0 Å². The first-order valence-corrected chi connectivity index (χ1v) is 10.8. The van der Waals surface area contributed by atoms with E-state index in [-0.39, 0.29) is 0 Å². The van der Waals surface area contributed by atoms with E-state index in [1.807, 2.05) is 19.1 Å². The summed E-state index contributed by atoms with van der Waals surface area (Å²) in [6, 6.07) is 12.5. The maximum absolute atomic E-state index is 6.50. The van der Waals surface area contributed by atoms with Gasteiger partial charge >= 0.3 is 0 Å². The lowest BCUT2D eigenvalue weighted by molar-refractivity contribution is 0.172. The number of aryl methyl sites for hydroxylation is 1. The zero-order valence-corrected chi connectivity index (χ0v) is 17.9. The fraction of sp³-hybridized carbons (Fsp3) is 0.261. The summed E-state index contributed by atoms with van der Waals surface area (Å²) in [5.74, 6) is 1.43. The molecule has 0 saturated carbocycles. The number of rotatable bonds is 5. The van der Waals surface area contributed by atoms with Crippen molar-refractivity contribution < 1.29 is 4.42 Å². The van der Waals surface area contributed by atoms with Crippen LogP contribution in [0.3, 0.4) is 0 Å². The highest BCUT2D eigenvalue weighted by Gasteiger charge is 2.19. The second-order valence-electron chi connectivity index (χ2n) is 8.10. The van der Waals surface area contributed by atoms with Crippen molar-refractivity contribution in [1.82, 2.24) is 29.0 Å². The molecule has 0 radical (unpaired) electrons. The van der Waals surface area contributed by atoms with E-state index >= 15 is 0 Å². The van der Waals surface area contributed by atoms with E-state index in [0.717, 1.165) is 58.4 Å². The van der Waals surface area contributed by atoms with Gasteiger partial charge in [-0.3, -0.25) is 9.30 Å². The minimum absolute atomic E-state index is 0.581. The first-order valence-electron chi connectivity index (χ1n) is 10.4. The molecule has 1 aliphatic heterocycles. The summed E-state index contributed by atoms with van der Waals surface area (Å²) in [4.78, 5) is 6.84. The summed E-state index contributed by atoms with van der Waals surface area (Å²) in [7, 11) is 0. The third kappa shape index (κ3) is 3.21. The molecule has 0 unspecified atom stereocenters. The van der Waals surface area contributed by atoms with E-state index in [4.69, 9.17) is 16.0 Å². The lowest BCUT2D eigenvalue weighted by atomic mass is 10.1. The van der Waals surface area contributed by atoms with Gasteiger partial charge < -0.3 is 8.98 Å². The number of halogens is 1. The summed E-state index contributed by atoms with van der Waals surface area (Å²) < 4.78 is 9.95. The summed E-state index contributed by atoms with van der Waals surface area (Å²) in [6.45, 7) is 5.87. The number of hydrogen-bond acceptors (Lipinski definition) is 5. The highest BCUT2D eigenvalue weighted by Crippen LogP contribution is 2.30. The largest absolute Gasteiger partial charge is 0.443 e. The van der Waals surface area contributed by atoms with Crippen molar-refractivity contribution in [2.45, 2.75) is 26.4 Å². The quantitative estimate of drug-likeness (QED) is 0.407. The molecule has 0 aliphatic carbocycles. The molecule has 7 nitrogen and oxygen atoms in total. The van der Waals surface area contributed by atoms with Gasteiger partial charge in [0.1, 0.15) is 17.8 Å². The number of likely N-dealkylation sites (tertiary alicyclic amines) is 1. The molecule has 0 atom stereocenters. The van der Waals surface area contributed by atoms with Gasteiger partial charge in [-0.05, 0) is 67.9 Å². The first kappa shape index (κ1) is 18.6. The molecule has 5 aromatic rings. The lowest BCUT2D eigenvalue weighted by Gasteiger charge is -2.30. The number of benzene rings is 1. The van der Waals surface area contributed by atoms with Crippen LogP contribution in [-0.2, 0) is 13.1 Å². The maximum Gasteiger partial charge on any atom is 0.243 e. The zero-order chi connectivity index (χ0) is 20.9. The summed E-state index contributed by atoms with van der Waals surface area (Å²) >= 11 is 6.50. The molecule has 1 aromatic carbocycles. The van der Waals surface area contributed by atoms with Crippen molar-refractivity contribution in [3.8, 4) is 11.6 Å². The molecular formula is C23H21ClN6O. The second kappa shape index (κ2) is 7.21. The Morgan fingerprint density at radius 1 is 1.00 bits per heavy atom. The van der Waals surface area contributed by atoms with Crippen LogP contribution in [-0.4, -0.2) is 42.1 Å². The molecular weight excluding hydrogens is 412 g/mol. The van der Waals surface area contributed by atoms with Crippen molar-refractivity contribution in [1.29, 1.82) is 0 Å². The minimum atomic E-state index is 0.581. The van der Waals surface area contributed by atoms with Crippen molar-refractivity contribution in [3.63, 3.8) is 0 Å². The molecule has 31 heavy (non-hydrogen) atoms. The number of fused-ring (bicyclic) bond motifs is 3. The van der Waals surface area contributed by atoms with E-state index in [2.05, 4.69) is 53.3 Å². The van der Waals surface area contributed by atoms with Crippen LogP contribution < -0.4 is 0 Å². The monoisotopic (exact) mass is 432 g/mol. The van der Waals surface area contributed by atoms with E-state index in [1.54, 1.807) is 12.5 Å². The van der Waals surface area contributed by atoms with Crippen LogP contribution in [0.25, 0.3) is 28.3 Å². The molecule has 1 saturated heterocycles. The summed E-state index contributed by atoms with van der Waals surface area (Å²) in [6.07, 6.45) is 4.54. The van der Waals surface area contributed by atoms with Gasteiger partial charge in [-0.2, -0.15) is 0 Å². The standard InChI is InChI=1S/C23H21ClN6O/c1-15-26-27-22-4-3-19-20(30(15)22)12-21(23-25-5-8-31-23)29(19)14-17-9-16(10-18(24)11-17)13-28-6-2-7-28/h3-5,8-12H,2,6-7,13-14H2,1H3. The van der Waals surface area contributed by atoms with Gasteiger partial charge in [0.2, 0.25) is 5.89 Å². The average molecular weight is 433 g/mol. The van der Waals surface area contributed by atoms with Gasteiger partial charge in [-0.1, -0.05) is 17.7 Å². The molecule has 0 spiro atoms. The third-order valence-corrected chi connectivity index (χ3v) is 6.18. The molecule has 156 valence electrons. The van der Waals surface area contributed by atoms with Gasteiger partial charge in [0.25, 0.3) is 0 Å². The Morgan fingerprint density at radius 2 is 1.84 bits per heavy atom. The van der Waals surface area contributed by atoms with Crippen LogP contribution >= 0.6 is 11.6 Å². The fourth-order valence-corrected chi connectivity index (χ4v) is 4.70. The highest BCUT2D eigenvalue weighted by atomic mass is 35.5. The van der Waals surface area contributed by atoms with E-state index < -0.39 is 0 Å². The van der Waals surface area contributed by atoms with Gasteiger partial charge in [0.05, 0.1) is 17.2 Å². The van der Waals surface area contributed by atoms with Crippen LogP contribution in [0.2, 0.25) is 5.02 Å². The second-order valence-corrected chi connectivity index (χ2v) is 8.53. The Kier molecular flexibility index (Phi) is 4.33. The lowest BCUT2D eigenvalue weighted by Crippen LogP contribution is -2.36. The Hall–Kier alpha value is -3.16. The predicted octanol–water partition coefficient (Wildman–Crippen LogP) is 4.55. The average Bonchev–Trinajstić information content (AvgIpc) is 3.44. The van der Waals surface area contributed by atoms with Crippen molar-refractivity contribution in [2.24, 2.45) is 0 Å². The van der Waals surface area contributed by atoms with E-state index in [0.29, 0.717) is 12.4 Å². The van der Waals surface area contributed by atoms with Crippen molar-refractivity contribution in [2.75, 3.05) is 13.1 Å². The van der Waals surface area contributed by atoms with Gasteiger partial charge in [0, 0.05) is 18.1 Å². The van der Waals surface area contributed by atoms with Crippen LogP contribution in [0.5, 0.6) is 0 Å². The third-order valence-electron chi connectivity index (χ3n) is 5.96. The number of oxazole rings is 1. The molecule has 6 rings (SSSR count). The van der Waals surface area contributed by atoms with Gasteiger partial charge in [0.15, 0.2) is 5.65 Å².